The predicted molar refractivity (Wildman–Crippen MR) is 135 cm³/mol. The standard InChI is InChI=1S/C24H32N6O3Si/c1-34(2,3)15-14-33-18-30-22(17-29(24(31)32)16-19-8-5-4-6-9-19)27-21-11-7-10-20(23(21)30)12-13-26-28-25/h4-11H,12-18H2,1-3H3,(H,31,32). The molecule has 0 unspecified atom stereocenters. The van der Waals surface area contributed by atoms with Crippen molar-refractivity contribution in [3.8, 4) is 0 Å². The van der Waals surface area contributed by atoms with Crippen molar-refractivity contribution in [2.24, 2.45) is 5.11 Å². The van der Waals surface area contributed by atoms with Crippen molar-refractivity contribution in [3.63, 3.8) is 0 Å². The summed E-state index contributed by atoms with van der Waals surface area (Å²) in [6.07, 6.45) is -0.445. The predicted octanol–water partition coefficient (Wildman–Crippen LogP) is 5.88. The van der Waals surface area contributed by atoms with Crippen LogP contribution in [-0.2, 0) is 31.0 Å². The Morgan fingerprint density at radius 1 is 1.18 bits per heavy atom. The number of rotatable bonds is 12. The molecule has 34 heavy (non-hydrogen) atoms. The van der Waals surface area contributed by atoms with Gasteiger partial charge in [-0.05, 0) is 35.2 Å². The molecule has 10 heteroatoms. The van der Waals surface area contributed by atoms with Gasteiger partial charge in [0, 0.05) is 32.7 Å². The molecule has 0 fully saturated rings. The summed E-state index contributed by atoms with van der Waals surface area (Å²) in [6.45, 7) is 8.56. The zero-order valence-electron chi connectivity index (χ0n) is 20.0. The first-order chi connectivity index (χ1) is 16.3. The normalized spacial score (nSPS) is 11.4. The van der Waals surface area contributed by atoms with Gasteiger partial charge in [0.2, 0.25) is 0 Å². The molecular formula is C24H32N6O3Si. The average molecular weight is 481 g/mol. The van der Waals surface area contributed by atoms with Gasteiger partial charge in [-0.25, -0.2) is 9.78 Å². The van der Waals surface area contributed by atoms with Crippen molar-refractivity contribution in [2.45, 2.75) is 51.9 Å². The van der Waals surface area contributed by atoms with Crippen LogP contribution >= 0.6 is 0 Å². The monoisotopic (exact) mass is 480 g/mol. The van der Waals surface area contributed by atoms with E-state index < -0.39 is 14.2 Å². The van der Waals surface area contributed by atoms with E-state index in [-0.39, 0.29) is 19.8 Å². The van der Waals surface area contributed by atoms with Crippen molar-refractivity contribution in [1.29, 1.82) is 0 Å². The Hall–Kier alpha value is -3.33. The van der Waals surface area contributed by atoms with Gasteiger partial charge in [0.05, 0.1) is 17.6 Å². The quantitative estimate of drug-likeness (QED) is 0.114. The fourth-order valence-electron chi connectivity index (χ4n) is 3.68. The number of nitrogens with zero attached hydrogens (tertiary/aromatic N) is 6. The van der Waals surface area contributed by atoms with Gasteiger partial charge in [0.15, 0.2) is 0 Å². The van der Waals surface area contributed by atoms with Gasteiger partial charge >= 0.3 is 6.09 Å². The number of ether oxygens (including phenoxy) is 1. The molecule has 0 saturated carbocycles. The number of azide groups is 1. The molecular weight excluding hydrogens is 448 g/mol. The van der Waals surface area contributed by atoms with E-state index in [1.54, 1.807) is 0 Å². The van der Waals surface area contributed by atoms with Crippen LogP contribution in [0.1, 0.15) is 17.0 Å². The zero-order chi connectivity index (χ0) is 24.6. The van der Waals surface area contributed by atoms with Crippen LogP contribution in [0.15, 0.2) is 53.6 Å². The number of imidazole rings is 1. The number of para-hydroxylation sites is 1. The summed E-state index contributed by atoms with van der Waals surface area (Å²) in [5.41, 5.74) is 12.2. The lowest BCUT2D eigenvalue weighted by Gasteiger charge is -2.21. The molecule has 0 spiro atoms. The van der Waals surface area contributed by atoms with Crippen molar-refractivity contribution >= 4 is 25.2 Å². The summed E-state index contributed by atoms with van der Waals surface area (Å²) in [5.74, 6) is 0.623. The first kappa shape index (κ1) is 25.3. The van der Waals surface area contributed by atoms with Crippen LogP contribution < -0.4 is 0 Å². The molecule has 0 aliphatic rings. The fourth-order valence-corrected chi connectivity index (χ4v) is 4.44. The van der Waals surface area contributed by atoms with Crippen molar-refractivity contribution in [3.05, 3.63) is 75.9 Å². The number of fused-ring (bicyclic) bond motifs is 1. The molecule has 9 nitrogen and oxygen atoms in total. The van der Waals surface area contributed by atoms with Crippen LogP contribution in [0.2, 0.25) is 25.7 Å². The van der Waals surface area contributed by atoms with Gasteiger partial charge in [-0.15, -0.1) is 0 Å². The van der Waals surface area contributed by atoms with E-state index in [0.717, 1.165) is 28.2 Å². The fraction of sp³-hybridized carbons (Fsp3) is 0.417. The Morgan fingerprint density at radius 2 is 1.94 bits per heavy atom. The minimum atomic E-state index is -1.25. The number of aromatic nitrogens is 2. The largest absolute Gasteiger partial charge is 0.465 e. The molecule has 0 atom stereocenters. The van der Waals surface area contributed by atoms with Gasteiger partial charge in [-0.3, -0.25) is 4.90 Å². The van der Waals surface area contributed by atoms with Gasteiger partial charge in [-0.1, -0.05) is 67.2 Å². The summed E-state index contributed by atoms with van der Waals surface area (Å²) in [5, 5.41) is 13.5. The number of hydrogen-bond acceptors (Lipinski definition) is 4. The summed E-state index contributed by atoms with van der Waals surface area (Å²) in [7, 11) is -1.25. The average Bonchev–Trinajstić information content (AvgIpc) is 3.14. The molecule has 0 aliphatic heterocycles. The van der Waals surface area contributed by atoms with Crippen LogP contribution in [0.3, 0.4) is 0 Å². The maximum absolute atomic E-state index is 12.1. The highest BCUT2D eigenvalue weighted by Crippen LogP contribution is 2.23. The third kappa shape index (κ3) is 7.08. The second-order valence-corrected chi connectivity index (χ2v) is 15.0. The third-order valence-electron chi connectivity index (χ3n) is 5.51. The van der Waals surface area contributed by atoms with Crippen LogP contribution in [0, 0.1) is 0 Å². The first-order valence-electron chi connectivity index (χ1n) is 11.4. The Kier molecular flexibility index (Phi) is 8.70. The SMILES string of the molecule is C[Si](C)(C)CCOCn1c(CN(Cc2ccccc2)C(=O)O)nc2cccc(CCN=[N+]=[N-])c21. The number of benzene rings is 2. The van der Waals surface area contributed by atoms with Crippen molar-refractivity contribution in [2.75, 3.05) is 13.2 Å². The van der Waals surface area contributed by atoms with Crippen molar-refractivity contribution < 1.29 is 14.6 Å². The van der Waals surface area contributed by atoms with E-state index in [1.165, 1.54) is 4.90 Å². The number of carboxylic acid groups (broad SMARTS) is 1. The first-order valence-corrected chi connectivity index (χ1v) is 15.1. The van der Waals surface area contributed by atoms with E-state index in [2.05, 4.69) is 29.7 Å². The molecule has 1 heterocycles. The minimum Gasteiger partial charge on any atom is -0.465 e. The van der Waals surface area contributed by atoms with Gasteiger partial charge in [0.1, 0.15) is 12.6 Å². The molecule has 3 aromatic rings. The number of hydrogen-bond donors (Lipinski definition) is 1. The topological polar surface area (TPSA) is 116 Å². The lowest BCUT2D eigenvalue weighted by Crippen LogP contribution is -2.30. The van der Waals surface area contributed by atoms with E-state index in [4.69, 9.17) is 15.3 Å². The molecule has 0 radical (unpaired) electrons. The second kappa shape index (κ2) is 11.7. The number of amides is 1. The summed E-state index contributed by atoms with van der Waals surface area (Å²) in [6, 6.07) is 16.4. The Bertz CT molecular complexity index is 1150. The number of carbonyl (C=O) groups is 1. The zero-order valence-corrected chi connectivity index (χ0v) is 21.0. The molecule has 3 rings (SSSR count). The summed E-state index contributed by atoms with van der Waals surface area (Å²) >= 11 is 0. The molecule has 1 aromatic heterocycles. The highest BCUT2D eigenvalue weighted by Gasteiger charge is 2.20. The molecule has 180 valence electrons. The van der Waals surface area contributed by atoms with Crippen LogP contribution in [0.25, 0.3) is 21.5 Å². The van der Waals surface area contributed by atoms with Gasteiger partial charge in [-0.2, -0.15) is 0 Å². The Morgan fingerprint density at radius 3 is 2.62 bits per heavy atom. The van der Waals surface area contributed by atoms with E-state index in [0.29, 0.717) is 25.4 Å². The Balaban J connectivity index is 1.93. The molecule has 1 amide bonds. The van der Waals surface area contributed by atoms with E-state index in [9.17, 15) is 9.90 Å². The molecule has 0 aliphatic carbocycles. The highest BCUT2D eigenvalue weighted by molar-refractivity contribution is 6.76. The van der Waals surface area contributed by atoms with E-state index >= 15 is 0 Å². The van der Waals surface area contributed by atoms with E-state index in [1.807, 2.05) is 53.1 Å². The van der Waals surface area contributed by atoms with Crippen LogP contribution in [0.5, 0.6) is 0 Å². The van der Waals surface area contributed by atoms with Crippen LogP contribution in [-0.4, -0.2) is 46.9 Å². The second-order valence-electron chi connectivity index (χ2n) is 9.42. The smallest absolute Gasteiger partial charge is 0.408 e. The highest BCUT2D eigenvalue weighted by atomic mass is 28.3. The molecule has 2 aromatic carbocycles. The van der Waals surface area contributed by atoms with Gasteiger partial charge < -0.3 is 14.4 Å². The summed E-state index contributed by atoms with van der Waals surface area (Å²) in [4.78, 5) is 21.0. The minimum absolute atomic E-state index is 0.131. The maximum Gasteiger partial charge on any atom is 0.408 e. The van der Waals surface area contributed by atoms with Crippen molar-refractivity contribution in [1.82, 2.24) is 14.5 Å². The molecule has 0 saturated heterocycles. The Labute approximate surface area is 200 Å². The third-order valence-corrected chi connectivity index (χ3v) is 7.21. The maximum atomic E-state index is 12.1. The lowest BCUT2D eigenvalue weighted by molar-refractivity contribution is 0.0846. The lowest BCUT2D eigenvalue weighted by atomic mass is 10.1. The van der Waals surface area contributed by atoms with Gasteiger partial charge in [0.25, 0.3) is 0 Å². The summed E-state index contributed by atoms with van der Waals surface area (Å²) < 4.78 is 8.02. The molecule has 0 bridgehead atoms. The van der Waals surface area contributed by atoms with Crippen LogP contribution in [0.4, 0.5) is 4.79 Å². The molecule has 1 N–H and O–H groups in total.